The lowest BCUT2D eigenvalue weighted by atomic mass is 10.1. The highest BCUT2D eigenvalue weighted by molar-refractivity contribution is 7.89. The molecule has 0 spiro atoms. The van der Waals surface area contributed by atoms with E-state index in [4.69, 9.17) is 0 Å². The predicted octanol–water partition coefficient (Wildman–Crippen LogP) is 1.28. The van der Waals surface area contributed by atoms with Gasteiger partial charge in [-0.25, -0.2) is 8.42 Å². The Morgan fingerprint density at radius 3 is 2.17 bits per heavy atom. The average molecular weight is 336 g/mol. The van der Waals surface area contributed by atoms with E-state index in [1.807, 2.05) is 48.2 Å². The first kappa shape index (κ1) is 17.7. The molecule has 1 fully saturated rings. The summed E-state index contributed by atoms with van der Waals surface area (Å²) in [6.45, 7) is 3.71. The van der Waals surface area contributed by atoms with Gasteiger partial charge in [0.15, 0.2) is 0 Å². The van der Waals surface area contributed by atoms with Crippen molar-refractivity contribution in [3.63, 3.8) is 0 Å². The molecule has 0 aliphatic carbocycles. The SMILES string of the molecule is CCS(=O)(=O)N1CCN(C(C#N)c2ccc(N(C)C)cc2)CC1. The lowest BCUT2D eigenvalue weighted by Gasteiger charge is -2.36. The Labute approximate surface area is 139 Å². The summed E-state index contributed by atoms with van der Waals surface area (Å²) in [7, 11) is 0.814. The van der Waals surface area contributed by atoms with Crippen LogP contribution in [0.5, 0.6) is 0 Å². The number of anilines is 1. The number of nitrogens with zero attached hydrogens (tertiary/aromatic N) is 4. The van der Waals surface area contributed by atoms with Crippen LogP contribution in [0.25, 0.3) is 0 Å². The molecule has 0 N–H and O–H groups in total. The molecule has 0 amide bonds. The minimum absolute atomic E-state index is 0.126. The van der Waals surface area contributed by atoms with Gasteiger partial charge in [0, 0.05) is 46.0 Å². The Hall–Kier alpha value is -1.62. The van der Waals surface area contributed by atoms with E-state index < -0.39 is 10.0 Å². The van der Waals surface area contributed by atoms with Crippen LogP contribution in [0, 0.1) is 11.3 Å². The average Bonchev–Trinajstić information content (AvgIpc) is 2.56. The van der Waals surface area contributed by atoms with Gasteiger partial charge in [-0.15, -0.1) is 0 Å². The van der Waals surface area contributed by atoms with Crippen molar-refractivity contribution in [2.45, 2.75) is 13.0 Å². The van der Waals surface area contributed by atoms with Crippen LogP contribution in [-0.2, 0) is 10.0 Å². The van der Waals surface area contributed by atoms with Crippen molar-refractivity contribution in [3.05, 3.63) is 29.8 Å². The summed E-state index contributed by atoms with van der Waals surface area (Å²) in [6.07, 6.45) is 0. The molecular weight excluding hydrogens is 312 g/mol. The highest BCUT2D eigenvalue weighted by atomic mass is 32.2. The standard InChI is InChI=1S/C16H24N4O2S/c1-4-23(21,22)20-11-9-19(10-12-20)16(13-17)14-5-7-15(8-6-14)18(2)3/h5-8,16H,4,9-12H2,1-3H3. The molecule has 2 rings (SSSR count). The van der Waals surface area contributed by atoms with E-state index in [9.17, 15) is 13.7 Å². The van der Waals surface area contributed by atoms with Crippen LogP contribution in [0.4, 0.5) is 5.69 Å². The van der Waals surface area contributed by atoms with E-state index in [1.165, 1.54) is 4.31 Å². The van der Waals surface area contributed by atoms with Gasteiger partial charge >= 0.3 is 0 Å². The maximum absolute atomic E-state index is 11.9. The summed E-state index contributed by atoms with van der Waals surface area (Å²) in [5.74, 6) is 0.126. The molecule has 1 atom stereocenters. The number of hydrogen-bond acceptors (Lipinski definition) is 5. The number of rotatable bonds is 5. The molecule has 1 aliphatic rings. The van der Waals surface area contributed by atoms with E-state index in [1.54, 1.807) is 6.92 Å². The van der Waals surface area contributed by atoms with Crippen LogP contribution < -0.4 is 4.90 Å². The second-order valence-corrected chi connectivity index (χ2v) is 8.11. The van der Waals surface area contributed by atoms with Crippen molar-refractivity contribution in [3.8, 4) is 6.07 Å². The number of sulfonamides is 1. The molecule has 0 radical (unpaired) electrons. The smallest absolute Gasteiger partial charge is 0.213 e. The predicted molar refractivity (Wildman–Crippen MR) is 91.7 cm³/mol. The topological polar surface area (TPSA) is 67.6 Å². The number of hydrogen-bond donors (Lipinski definition) is 0. The Kier molecular flexibility index (Phi) is 5.63. The van der Waals surface area contributed by atoms with Crippen molar-refractivity contribution in [2.24, 2.45) is 0 Å². The zero-order valence-electron chi connectivity index (χ0n) is 13.9. The summed E-state index contributed by atoms with van der Waals surface area (Å²) in [5, 5.41) is 9.55. The van der Waals surface area contributed by atoms with Gasteiger partial charge in [0.1, 0.15) is 6.04 Å². The Bertz CT molecular complexity index is 656. The van der Waals surface area contributed by atoms with Gasteiger partial charge in [-0.2, -0.15) is 9.57 Å². The van der Waals surface area contributed by atoms with Gasteiger partial charge in [0.05, 0.1) is 11.8 Å². The molecule has 1 aromatic rings. The summed E-state index contributed by atoms with van der Waals surface area (Å²) < 4.78 is 25.3. The van der Waals surface area contributed by atoms with Gasteiger partial charge in [0.25, 0.3) is 0 Å². The molecule has 0 aromatic heterocycles. The van der Waals surface area contributed by atoms with Crippen molar-refractivity contribution in [1.29, 1.82) is 5.26 Å². The summed E-state index contributed by atoms with van der Waals surface area (Å²) >= 11 is 0. The Balaban J connectivity index is 2.07. The van der Waals surface area contributed by atoms with E-state index in [0.29, 0.717) is 26.2 Å². The van der Waals surface area contributed by atoms with Crippen LogP contribution in [0.2, 0.25) is 0 Å². The van der Waals surface area contributed by atoms with Gasteiger partial charge in [0.2, 0.25) is 10.0 Å². The monoisotopic (exact) mass is 336 g/mol. The molecule has 1 unspecified atom stereocenters. The van der Waals surface area contributed by atoms with E-state index in [-0.39, 0.29) is 11.8 Å². The molecule has 0 saturated carbocycles. The maximum Gasteiger partial charge on any atom is 0.213 e. The fourth-order valence-electron chi connectivity index (χ4n) is 2.74. The van der Waals surface area contributed by atoms with Gasteiger partial charge in [-0.05, 0) is 24.6 Å². The molecule has 1 heterocycles. The molecule has 126 valence electrons. The molecule has 0 bridgehead atoms. The number of nitriles is 1. The first-order valence-electron chi connectivity index (χ1n) is 7.78. The second-order valence-electron chi connectivity index (χ2n) is 5.85. The Morgan fingerprint density at radius 2 is 1.74 bits per heavy atom. The highest BCUT2D eigenvalue weighted by Gasteiger charge is 2.29. The summed E-state index contributed by atoms with van der Waals surface area (Å²) in [5.41, 5.74) is 2.04. The van der Waals surface area contributed by atoms with Gasteiger partial charge in [-0.1, -0.05) is 12.1 Å². The van der Waals surface area contributed by atoms with E-state index >= 15 is 0 Å². The van der Waals surface area contributed by atoms with Gasteiger partial charge < -0.3 is 4.90 Å². The third kappa shape index (κ3) is 4.02. The number of piperazine rings is 1. The minimum atomic E-state index is -3.14. The van der Waals surface area contributed by atoms with Crippen molar-refractivity contribution >= 4 is 15.7 Å². The first-order valence-corrected chi connectivity index (χ1v) is 9.38. The summed E-state index contributed by atoms with van der Waals surface area (Å²) in [6, 6.07) is 9.95. The number of benzene rings is 1. The quantitative estimate of drug-likeness (QED) is 0.810. The van der Waals surface area contributed by atoms with Crippen molar-refractivity contribution in [2.75, 3.05) is 50.9 Å². The zero-order chi connectivity index (χ0) is 17.0. The van der Waals surface area contributed by atoms with E-state index in [0.717, 1.165) is 11.3 Å². The normalized spacial score (nSPS) is 18.3. The van der Waals surface area contributed by atoms with Crippen LogP contribution >= 0.6 is 0 Å². The molecule has 23 heavy (non-hydrogen) atoms. The zero-order valence-corrected chi connectivity index (χ0v) is 14.8. The van der Waals surface area contributed by atoms with Crippen LogP contribution in [0.3, 0.4) is 0 Å². The molecule has 6 nitrogen and oxygen atoms in total. The second kappa shape index (κ2) is 7.30. The fourth-order valence-corrected chi connectivity index (χ4v) is 3.83. The highest BCUT2D eigenvalue weighted by Crippen LogP contribution is 2.24. The Morgan fingerprint density at radius 1 is 1.17 bits per heavy atom. The maximum atomic E-state index is 11.9. The third-order valence-electron chi connectivity index (χ3n) is 4.24. The van der Waals surface area contributed by atoms with Crippen LogP contribution in [0.15, 0.2) is 24.3 Å². The lowest BCUT2D eigenvalue weighted by molar-refractivity contribution is 0.163. The van der Waals surface area contributed by atoms with E-state index in [2.05, 4.69) is 6.07 Å². The molecule has 1 aliphatic heterocycles. The van der Waals surface area contributed by atoms with Crippen molar-refractivity contribution < 1.29 is 8.42 Å². The largest absolute Gasteiger partial charge is 0.378 e. The minimum Gasteiger partial charge on any atom is -0.378 e. The van der Waals surface area contributed by atoms with Crippen molar-refractivity contribution in [1.82, 2.24) is 9.21 Å². The summed E-state index contributed by atoms with van der Waals surface area (Å²) in [4.78, 5) is 4.06. The fraction of sp³-hybridized carbons (Fsp3) is 0.562. The van der Waals surface area contributed by atoms with Gasteiger partial charge in [-0.3, -0.25) is 4.90 Å². The lowest BCUT2D eigenvalue weighted by Crippen LogP contribution is -2.49. The molecular formula is C16H24N4O2S. The molecule has 1 saturated heterocycles. The van der Waals surface area contributed by atoms with Crippen LogP contribution in [-0.4, -0.2) is 63.7 Å². The van der Waals surface area contributed by atoms with Crippen LogP contribution in [0.1, 0.15) is 18.5 Å². The molecule has 7 heteroatoms. The molecule has 1 aromatic carbocycles. The first-order chi connectivity index (χ1) is 10.9. The third-order valence-corrected chi connectivity index (χ3v) is 6.13.